The lowest BCUT2D eigenvalue weighted by atomic mass is 10.3. The first kappa shape index (κ1) is 14.6. The molecule has 0 bridgehead atoms. The Labute approximate surface area is 109 Å². The second kappa shape index (κ2) is 8.61. The van der Waals surface area contributed by atoms with Gasteiger partial charge in [-0.15, -0.1) is 11.3 Å². The number of ether oxygens (including phenoxy) is 1. The monoisotopic (exact) mass is 256 g/mol. The van der Waals surface area contributed by atoms with E-state index in [-0.39, 0.29) is 0 Å². The van der Waals surface area contributed by atoms with E-state index in [0.29, 0.717) is 12.6 Å². The molecule has 0 aliphatic rings. The van der Waals surface area contributed by atoms with E-state index >= 15 is 0 Å². The summed E-state index contributed by atoms with van der Waals surface area (Å²) in [6.45, 7) is 8.86. The van der Waals surface area contributed by atoms with Gasteiger partial charge in [0, 0.05) is 24.6 Å². The average molecular weight is 256 g/mol. The van der Waals surface area contributed by atoms with Gasteiger partial charge in [0.25, 0.3) is 0 Å². The van der Waals surface area contributed by atoms with Crippen LogP contribution in [-0.4, -0.2) is 17.6 Å². The zero-order chi connectivity index (χ0) is 12.5. The zero-order valence-electron chi connectivity index (χ0n) is 11.2. The Kier molecular flexibility index (Phi) is 7.40. The molecule has 0 saturated carbocycles. The van der Waals surface area contributed by atoms with Crippen molar-refractivity contribution in [3.8, 4) is 0 Å². The van der Waals surface area contributed by atoms with Crippen LogP contribution in [0.3, 0.4) is 0 Å². The quantitative estimate of drug-likeness (QED) is 0.688. The van der Waals surface area contributed by atoms with Gasteiger partial charge in [-0.3, -0.25) is 0 Å². The summed E-state index contributed by atoms with van der Waals surface area (Å²) >= 11 is 1.71. The smallest absolute Gasteiger partial charge is 0.107 e. The molecule has 4 heteroatoms. The fourth-order valence-electron chi connectivity index (χ4n) is 1.42. The first-order valence-corrected chi connectivity index (χ1v) is 7.34. The molecule has 0 spiro atoms. The van der Waals surface area contributed by atoms with Crippen LogP contribution in [0.15, 0.2) is 5.38 Å². The molecule has 98 valence electrons. The maximum absolute atomic E-state index is 5.58. The fourth-order valence-corrected chi connectivity index (χ4v) is 2.15. The van der Waals surface area contributed by atoms with Crippen LogP contribution in [0.1, 0.15) is 50.7 Å². The predicted octanol–water partition coefficient (Wildman–Crippen LogP) is 3.35. The van der Waals surface area contributed by atoms with Crippen molar-refractivity contribution in [3.05, 3.63) is 16.1 Å². The summed E-state index contributed by atoms with van der Waals surface area (Å²) in [5, 5.41) is 6.60. The van der Waals surface area contributed by atoms with Gasteiger partial charge < -0.3 is 10.1 Å². The highest BCUT2D eigenvalue weighted by Crippen LogP contribution is 2.11. The maximum atomic E-state index is 5.58. The Morgan fingerprint density at radius 3 is 2.94 bits per heavy atom. The van der Waals surface area contributed by atoms with E-state index in [4.69, 9.17) is 4.74 Å². The Morgan fingerprint density at radius 1 is 1.41 bits per heavy atom. The minimum Gasteiger partial charge on any atom is -0.375 e. The SMILES string of the molecule is CCCCCOCc1csc(CNC(C)C)n1. The molecule has 1 N–H and O–H groups in total. The van der Waals surface area contributed by atoms with Crippen LogP contribution in [-0.2, 0) is 17.9 Å². The van der Waals surface area contributed by atoms with Crippen molar-refractivity contribution < 1.29 is 4.74 Å². The van der Waals surface area contributed by atoms with Crippen LogP contribution >= 0.6 is 11.3 Å². The number of nitrogens with one attached hydrogen (secondary N) is 1. The summed E-state index contributed by atoms with van der Waals surface area (Å²) in [7, 11) is 0. The van der Waals surface area contributed by atoms with Crippen LogP contribution in [0.2, 0.25) is 0 Å². The van der Waals surface area contributed by atoms with Gasteiger partial charge in [0.05, 0.1) is 12.3 Å². The molecular weight excluding hydrogens is 232 g/mol. The van der Waals surface area contributed by atoms with Crippen molar-refractivity contribution in [2.75, 3.05) is 6.61 Å². The molecule has 1 rings (SSSR count). The molecule has 1 heterocycles. The van der Waals surface area contributed by atoms with Crippen molar-refractivity contribution in [1.29, 1.82) is 0 Å². The van der Waals surface area contributed by atoms with E-state index in [1.807, 2.05) is 0 Å². The Morgan fingerprint density at radius 2 is 2.24 bits per heavy atom. The Bertz CT molecular complexity index is 299. The van der Waals surface area contributed by atoms with E-state index in [9.17, 15) is 0 Å². The number of hydrogen-bond acceptors (Lipinski definition) is 4. The first-order chi connectivity index (χ1) is 8.22. The Hall–Kier alpha value is -0.450. The number of aromatic nitrogens is 1. The minimum atomic E-state index is 0.507. The highest BCUT2D eigenvalue weighted by Gasteiger charge is 2.02. The molecule has 0 aliphatic carbocycles. The largest absolute Gasteiger partial charge is 0.375 e. The number of nitrogens with zero attached hydrogens (tertiary/aromatic N) is 1. The van der Waals surface area contributed by atoms with Crippen molar-refractivity contribution in [3.63, 3.8) is 0 Å². The van der Waals surface area contributed by atoms with E-state index in [0.717, 1.165) is 30.3 Å². The number of unbranched alkanes of at least 4 members (excludes halogenated alkanes) is 2. The molecule has 0 saturated heterocycles. The number of rotatable bonds is 9. The molecule has 1 aromatic rings. The van der Waals surface area contributed by atoms with Gasteiger partial charge >= 0.3 is 0 Å². The first-order valence-electron chi connectivity index (χ1n) is 6.46. The van der Waals surface area contributed by atoms with Crippen LogP contribution in [0, 0.1) is 0 Å². The molecular formula is C13H24N2OS. The fraction of sp³-hybridized carbons (Fsp3) is 0.769. The molecule has 0 amide bonds. The third kappa shape index (κ3) is 6.76. The van der Waals surface area contributed by atoms with E-state index in [2.05, 4.69) is 36.5 Å². The van der Waals surface area contributed by atoms with Gasteiger partial charge in [-0.1, -0.05) is 33.6 Å². The molecule has 0 atom stereocenters. The van der Waals surface area contributed by atoms with E-state index < -0.39 is 0 Å². The van der Waals surface area contributed by atoms with Crippen molar-refractivity contribution in [1.82, 2.24) is 10.3 Å². The molecule has 3 nitrogen and oxygen atoms in total. The molecule has 0 aliphatic heterocycles. The number of thiazole rings is 1. The molecule has 0 radical (unpaired) electrons. The van der Waals surface area contributed by atoms with Crippen molar-refractivity contribution in [2.45, 2.75) is 59.2 Å². The van der Waals surface area contributed by atoms with Crippen LogP contribution < -0.4 is 5.32 Å². The summed E-state index contributed by atoms with van der Waals surface area (Å²) in [5.74, 6) is 0. The third-order valence-corrected chi connectivity index (χ3v) is 3.30. The third-order valence-electron chi connectivity index (χ3n) is 2.40. The molecule has 0 fully saturated rings. The second-order valence-corrected chi connectivity index (χ2v) is 5.47. The van der Waals surface area contributed by atoms with E-state index in [1.54, 1.807) is 11.3 Å². The van der Waals surface area contributed by atoms with Crippen LogP contribution in [0.5, 0.6) is 0 Å². The van der Waals surface area contributed by atoms with E-state index in [1.165, 1.54) is 12.8 Å². The van der Waals surface area contributed by atoms with Gasteiger partial charge in [-0.25, -0.2) is 4.98 Å². The van der Waals surface area contributed by atoms with Crippen LogP contribution in [0.25, 0.3) is 0 Å². The number of hydrogen-bond donors (Lipinski definition) is 1. The highest BCUT2D eigenvalue weighted by atomic mass is 32.1. The summed E-state index contributed by atoms with van der Waals surface area (Å²) < 4.78 is 5.58. The molecule has 1 aromatic heterocycles. The normalized spacial score (nSPS) is 11.3. The standard InChI is InChI=1S/C13H24N2OS/c1-4-5-6-7-16-9-12-10-17-13(15-12)8-14-11(2)3/h10-11,14H,4-9H2,1-3H3. The lowest BCUT2D eigenvalue weighted by molar-refractivity contribution is 0.115. The maximum Gasteiger partial charge on any atom is 0.107 e. The lowest BCUT2D eigenvalue weighted by Gasteiger charge is -2.04. The van der Waals surface area contributed by atoms with Gasteiger partial charge in [-0.05, 0) is 6.42 Å². The van der Waals surface area contributed by atoms with Crippen LogP contribution in [0.4, 0.5) is 0 Å². The average Bonchev–Trinajstić information content (AvgIpc) is 2.74. The molecule has 17 heavy (non-hydrogen) atoms. The van der Waals surface area contributed by atoms with Gasteiger partial charge in [0.1, 0.15) is 5.01 Å². The topological polar surface area (TPSA) is 34.1 Å². The Balaban J connectivity index is 2.17. The summed E-state index contributed by atoms with van der Waals surface area (Å²) in [6.07, 6.45) is 3.65. The second-order valence-electron chi connectivity index (χ2n) is 4.53. The summed E-state index contributed by atoms with van der Waals surface area (Å²) in [6, 6.07) is 0.507. The predicted molar refractivity (Wildman–Crippen MR) is 73.3 cm³/mol. The molecule has 0 aromatic carbocycles. The minimum absolute atomic E-state index is 0.507. The van der Waals surface area contributed by atoms with Gasteiger partial charge in [0.2, 0.25) is 0 Å². The van der Waals surface area contributed by atoms with Crippen molar-refractivity contribution >= 4 is 11.3 Å². The summed E-state index contributed by atoms with van der Waals surface area (Å²) in [5.41, 5.74) is 1.06. The summed E-state index contributed by atoms with van der Waals surface area (Å²) in [4.78, 5) is 4.53. The zero-order valence-corrected chi connectivity index (χ0v) is 12.0. The molecule has 0 unspecified atom stereocenters. The van der Waals surface area contributed by atoms with Gasteiger partial charge in [0.15, 0.2) is 0 Å². The highest BCUT2D eigenvalue weighted by molar-refractivity contribution is 7.09. The van der Waals surface area contributed by atoms with Crippen molar-refractivity contribution in [2.24, 2.45) is 0 Å². The van der Waals surface area contributed by atoms with Gasteiger partial charge in [-0.2, -0.15) is 0 Å². The lowest BCUT2D eigenvalue weighted by Crippen LogP contribution is -2.21.